The standard InChI is InChI=1S/C17H22N6O/c1-11-7-15(22(2)21-11)17(24)18-8-12-9-23(10-12)16-6-5-14(19-20-16)13-3-4-13/h5-7,12-13H,3-4,8-10H2,1-2H3,(H,18,24). The fraction of sp³-hybridized carbons (Fsp3) is 0.529. The van der Waals surface area contributed by atoms with E-state index in [4.69, 9.17) is 0 Å². The quantitative estimate of drug-likeness (QED) is 0.895. The number of hydrogen-bond donors (Lipinski definition) is 1. The average Bonchev–Trinajstić information content (AvgIpc) is 3.31. The van der Waals surface area contributed by atoms with Gasteiger partial charge in [0.05, 0.1) is 11.4 Å². The lowest BCUT2D eigenvalue weighted by Crippen LogP contribution is -2.52. The molecule has 1 saturated carbocycles. The molecule has 2 fully saturated rings. The molecule has 24 heavy (non-hydrogen) atoms. The normalized spacial score (nSPS) is 17.7. The Kier molecular flexibility index (Phi) is 3.70. The molecule has 3 heterocycles. The number of carbonyl (C=O) groups excluding carboxylic acids is 1. The van der Waals surface area contributed by atoms with Crippen molar-refractivity contribution in [1.82, 2.24) is 25.3 Å². The summed E-state index contributed by atoms with van der Waals surface area (Å²) in [6.07, 6.45) is 2.49. The van der Waals surface area contributed by atoms with Crippen LogP contribution in [0.15, 0.2) is 18.2 Å². The fourth-order valence-corrected chi connectivity index (χ4v) is 3.14. The molecule has 1 aliphatic carbocycles. The van der Waals surface area contributed by atoms with Crippen LogP contribution in [0.4, 0.5) is 5.82 Å². The number of hydrogen-bond acceptors (Lipinski definition) is 5. The molecule has 2 aromatic heterocycles. The molecule has 1 N–H and O–H groups in total. The number of amides is 1. The van der Waals surface area contributed by atoms with Gasteiger partial charge >= 0.3 is 0 Å². The molecular weight excluding hydrogens is 304 g/mol. The Hall–Kier alpha value is -2.44. The van der Waals surface area contributed by atoms with E-state index in [0.29, 0.717) is 24.1 Å². The van der Waals surface area contributed by atoms with Crippen LogP contribution in [0.1, 0.15) is 40.6 Å². The molecule has 0 atom stereocenters. The number of rotatable bonds is 5. The van der Waals surface area contributed by atoms with Crippen LogP contribution < -0.4 is 10.2 Å². The summed E-state index contributed by atoms with van der Waals surface area (Å²) in [5.41, 5.74) is 2.57. The van der Waals surface area contributed by atoms with E-state index in [1.807, 2.05) is 6.92 Å². The Morgan fingerprint density at radius 3 is 2.67 bits per heavy atom. The predicted octanol–water partition coefficient (Wildman–Crippen LogP) is 1.26. The van der Waals surface area contributed by atoms with Gasteiger partial charge in [0.1, 0.15) is 5.69 Å². The molecule has 1 saturated heterocycles. The number of carbonyl (C=O) groups is 1. The maximum atomic E-state index is 12.2. The van der Waals surface area contributed by atoms with Gasteiger partial charge in [-0.05, 0) is 38.0 Å². The first-order valence-electron chi connectivity index (χ1n) is 8.47. The fourth-order valence-electron chi connectivity index (χ4n) is 3.14. The number of nitrogens with one attached hydrogen (secondary N) is 1. The SMILES string of the molecule is Cc1cc(C(=O)NCC2CN(c3ccc(C4CC4)nn3)C2)n(C)n1. The Balaban J connectivity index is 1.25. The summed E-state index contributed by atoms with van der Waals surface area (Å²) in [7, 11) is 1.79. The van der Waals surface area contributed by atoms with E-state index in [9.17, 15) is 4.79 Å². The monoisotopic (exact) mass is 326 g/mol. The zero-order valence-electron chi connectivity index (χ0n) is 14.1. The van der Waals surface area contributed by atoms with Gasteiger partial charge < -0.3 is 10.2 Å². The second kappa shape index (κ2) is 5.89. The van der Waals surface area contributed by atoms with Crippen LogP contribution in [0.25, 0.3) is 0 Å². The highest BCUT2D eigenvalue weighted by molar-refractivity contribution is 5.92. The third-order valence-corrected chi connectivity index (χ3v) is 4.73. The topological polar surface area (TPSA) is 75.9 Å². The molecule has 4 rings (SSSR count). The summed E-state index contributed by atoms with van der Waals surface area (Å²) in [6, 6.07) is 5.97. The maximum Gasteiger partial charge on any atom is 0.269 e. The second-order valence-electron chi connectivity index (χ2n) is 6.87. The van der Waals surface area contributed by atoms with E-state index >= 15 is 0 Å². The van der Waals surface area contributed by atoms with E-state index in [-0.39, 0.29) is 5.91 Å². The summed E-state index contributed by atoms with van der Waals surface area (Å²) >= 11 is 0. The van der Waals surface area contributed by atoms with E-state index < -0.39 is 0 Å². The third-order valence-electron chi connectivity index (χ3n) is 4.73. The lowest BCUT2D eigenvalue weighted by atomic mass is 10.00. The van der Waals surface area contributed by atoms with Gasteiger partial charge in [-0.3, -0.25) is 9.48 Å². The molecule has 2 aliphatic rings. The molecule has 0 aromatic carbocycles. The van der Waals surface area contributed by atoms with Crippen molar-refractivity contribution in [3.05, 3.63) is 35.3 Å². The largest absolute Gasteiger partial charge is 0.354 e. The molecule has 2 aromatic rings. The van der Waals surface area contributed by atoms with Gasteiger partial charge in [-0.15, -0.1) is 5.10 Å². The molecule has 0 spiro atoms. The van der Waals surface area contributed by atoms with Crippen molar-refractivity contribution in [2.24, 2.45) is 13.0 Å². The highest BCUT2D eigenvalue weighted by atomic mass is 16.2. The first-order chi connectivity index (χ1) is 11.6. The van der Waals surface area contributed by atoms with Gasteiger partial charge in [-0.25, -0.2) is 0 Å². The molecule has 7 nitrogen and oxygen atoms in total. The molecular formula is C17H22N6O. The Bertz CT molecular complexity index is 743. The highest BCUT2D eigenvalue weighted by Crippen LogP contribution is 2.38. The van der Waals surface area contributed by atoms with Gasteiger partial charge in [-0.1, -0.05) is 0 Å². The highest BCUT2D eigenvalue weighted by Gasteiger charge is 2.30. The number of anilines is 1. The van der Waals surface area contributed by atoms with Gasteiger partial charge in [0.2, 0.25) is 0 Å². The minimum atomic E-state index is -0.0647. The third kappa shape index (κ3) is 2.98. The van der Waals surface area contributed by atoms with Gasteiger partial charge in [0, 0.05) is 38.5 Å². The van der Waals surface area contributed by atoms with Crippen LogP contribution in [0.3, 0.4) is 0 Å². The number of aromatic nitrogens is 4. The molecule has 0 unspecified atom stereocenters. The molecule has 1 aliphatic heterocycles. The van der Waals surface area contributed by atoms with E-state index in [1.54, 1.807) is 17.8 Å². The first kappa shape index (κ1) is 15.1. The van der Waals surface area contributed by atoms with Crippen LogP contribution in [-0.2, 0) is 7.05 Å². The minimum Gasteiger partial charge on any atom is -0.354 e. The minimum absolute atomic E-state index is 0.0647. The zero-order valence-corrected chi connectivity index (χ0v) is 14.1. The first-order valence-corrected chi connectivity index (χ1v) is 8.47. The lowest BCUT2D eigenvalue weighted by molar-refractivity contribution is 0.0935. The zero-order chi connectivity index (χ0) is 16.7. The van der Waals surface area contributed by atoms with Crippen molar-refractivity contribution >= 4 is 11.7 Å². The lowest BCUT2D eigenvalue weighted by Gasteiger charge is -2.39. The van der Waals surface area contributed by atoms with Crippen molar-refractivity contribution in [2.75, 3.05) is 24.5 Å². The molecule has 7 heteroatoms. The molecule has 0 radical (unpaired) electrons. The van der Waals surface area contributed by atoms with Crippen LogP contribution in [0, 0.1) is 12.8 Å². The van der Waals surface area contributed by atoms with Crippen molar-refractivity contribution in [3.8, 4) is 0 Å². The molecule has 1 amide bonds. The Labute approximate surface area is 141 Å². The van der Waals surface area contributed by atoms with Crippen molar-refractivity contribution in [2.45, 2.75) is 25.7 Å². The smallest absolute Gasteiger partial charge is 0.269 e. The Morgan fingerprint density at radius 2 is 2.08 bits per heavy atom. The molecule has 0 bridgehead atoms. The van der Waals surface area contributed by atoms with E-state index in [2.05, 4.69) is 37.6 Å². The van der Waals surface area contributed by atoms with Crippen molar-refractivity contribution in [1.29, 1.82) is 0 Å². The number of nitrogens with zero attached hydrogens (tertiary/aromatic N) is 5. The van der Waals surface area contributed by atoms with Crippen LogP contribution in [-0.4, -0.2) is 45.5 Å². The van der Waals surface area contributed by atoms with Crippen LogP contribution in [0.5, 0.6) is 0 Å². The second-order valence-corrected chi connectivity index (χ2v) is 6.87. The van der Waals surface area contributed by atoms with Crippen LogP contribution in [0.2, 0.25) is 0 Å². The van der Waals surface area contributed by atoms with Gasteiger partial charge in [0.25, 0.3) is 5.91 Å². The van der Waals surface area contributed by atoms with Crippen molar-refractivity contribution in [3.63, 3.8) is 0 Å². The summed E-state index contributed by atoms with van der Waals surface area (Å²) in [5, 5.41) is 15.9. The Morgan fingerprint density at radius 1 is 1.29 bits per heavy atom. The summed E-state index contributed by atoms with van der Waals surface area (Å²) in [5.74, 6) is 1.96. The molecule has 126 valence electrons. The van der Waals surface area contributed by atoms with E-state index in [0.717, 1.165) is 30.3 Å². The van der Waals surface area contributed by atoms with Crippen molar-refractivity contribution < 1.29 is 4.79 Å². The summed E-state index contributed by atoms with van der Waals surface area (Å²) in [6.45, 7) is 4.37. The average molecular weight is 326 g/mol. The van der Waals surface area contributed by atoms with Crippen LogP contribution >= 0.6 is 0 Å². The van der Waals surface area contributed by atoms with Gasteiger partial charge in [-0.2, -0.15) is 10.2 Å². The summed E-state index contributed by atoms with van der Waals surface area (Å²) in [4.78, 5) is 14.4. The van der Waals surface area contributed by atoms with E-state index in [1.165, 1.54) is 12.8 Å². The summed E-state index contributed by atoms with van der Waals surface area (Å²) < 4.78 is 1.62. The number of aryl methyl sites for hydroxylation is 2. The maximum absolute atomic E-state index is 12.2. The predicted molar refractivity (Wildman–Crippen MR) is 90.0 cm³/mol. The van der Waals surface area contributed by atoms with Gasteiger partial charge in [0.15, 0.2) is 5.82 Å².